The summed E-state index contributed by atoms with van der Waals surface area (Å²) in [5, 5.41) is 0.353. The summed E-state index contributed by atoms with van der Waals surface area (Å²) in [7, 11) is 0. The van der Waals surface area contributed by atoms with Gasteiger partial charge in [-0.25, -0.2) is 4.79 Å². The van der Waals surface area contributed by atoms with E-state index in [1.807, 2.05) is 0 Å². The molecule has 0 atom stereocenters. The van der Waals surface area contributed by atoms with Crippen molar-refractivity contribution >= 4 is 35.1 Å². The van der Waals surface area contributed by atoms with E-state index in [-0.39, 0.29) is 18.8 Å². The fourth-order valence-corrected chi connectivity index (χ4v) is 2.20. The van der Waals surface area contributed by atoms with E-state index in [4.69, 9.17) is 21.1 Å². The number of nitrogens with one attached hydrogen (secondary N) is 1. The van der Waals surface area contributed by atoms with Crippen LogP contribution in [0, 0.1) is 0 Å². The van der Waals surface area contributed by atoms with E-state index in [1.165, 1.54) is 17.2 Å². The molecule has 1 heterocycles. The molecule has 0 radical (unpaired) electrons. The summed E-state index contributed by atoms with van der Waals surface area (Å²) in [4.78, 5) is 39.9. The Morgan fingerprint density at radius 2 is 1.88 bits per heavy atom. The summed E-state index contributed by atoms with van der Waals surface area (Å²) >= 11 is 5.72. The van der Waals surface area contributed by atoms with Crippen LogP contribution in [0.2, 0.25) is 5.02 Å². The molecule has 0 aliphatic heterocycles. The zero-order valence-electron chi connectivity index (χ0n) is 13.5. The minimum atomic E-state index is -0.718. The number of para-hydroxylation sites is 1. The van der Waals surface area contributed by atoms with E-state index in [0.29, 0.717) is 10.7 Å². The Morgan fingerprint density at radius 1 is 1.16 bits per heavy atom. The topological polar surface area (TPSA) is 88.7 Å². The predicted molar refractivity (Wildman–Crippen MR) is 91.5 cm³/mol. The van der Waals surface area contributed by atoms with Crippen LogP contribution in [0.1, 0.15) is 17.4 Å². The molecule has 1 amide bonds. The van der Waals surface area contributed by atoms with E-state index in [9.17, 15) is 14.4 Å². The smallest absolute Gasteiger partial charge is 0.355 e. The first-order chi connectivity index (χ1) is 12.0. The van der Waals surface area contributed by atoms with Crippen molar-refractivity contribution in [2.24, 2.45) is 0 Å². The molecule has 0 fully saturated rings. The van der Waals surface area contributed by atoms with Gasteiger partial charge in [0.15, 0.2) is 6.61 Å². The van der Waals surface area contributed by atoms with Crippen molar-refractivity contribution in [2.75, 3.05) is 24.7 Å². The molecule has 1 aromatic carbocycles. The molecule has 0 bridgehead atoms. The second-order valence-corrected chi connectivity index (χ2v) is 5.36. The summed E-state index contributed by atoms with van der Waals surface area (Å²) in [6.45, 7) is 1.08. The molecule has 2 rings (SSSR count). The standard InChI is InChI=1S/C17H17ClN2O5/c1-2-24-16(22)10-20(13-6-4-3-5-7-13)15(21)11-25-17(23)14-8-12(18)9-19-14/h3-9,19H,2,10-11H2,1H3. The predicted octanol–water partition coefficient (Wildman–Crippen LogP) is 2.42. The van der Waals surface area contributed by atoms with Crippen molar-refractivity contribution < 1.29 is 23.9 Å². The molecule has 7 nitrogen and oxygen atoms in total. The molecular weight excluding hydrogens is 348 g/mol. The highest BCUT2D eigenvalue weighted by molar-refractivity contribution is 6.30. The lowest BCUT2D eigenvalue weighted by molar-refractivity contribution is -0.142. The number of ether oxygens (including phenoxy) is 2. The molecule has 1 N–H and O–H groups in total. The number of H-pyrrole nitrogens is 1. The number of carbonyl (C=O) groups excluding carboxylic acids is 3. The SMILES string of the molecule is CCOC(=O)CN(C(=O)COC(=O)c1cc(Cl)c[nH]1)c1ccccc1. The molecule has 8 heteroatoms. The summed E-state index contributed by atoms with van der Waals surface area (Å²) in [5.41, 5.74) is 0.633. The second kappa shape index (κ2) is 8.89. The highest BCUT2D eigenvalue weighted by atomic mass is 35.5. The average Bonchev–Trinajstić information content (AvgIpc) is 3.05. The van der Waals surface area contributed by atoms with Gasteiger partial charge in [-0.05, 0) is 25.1 Å². The van der Waals surface area contributed by atoms with Gasteiger partial charge in [0.2, 0.25) is 0 Å². The van der Waals surface area contributed by atoms with E-state index in [1.54, 1.807) is 37.3 Å². The number of anilines is 1. The molecule has 0 saturated carbocycles. The van der Waals surface area contributed by atoms with Crippen LogP contribution >= 0.6 is 11.6 Å². The lowest BCUT2D eigenvalue weighted by Gasteiger charge is -2.21. The first-order valence-corrected chi connectivity index (χ1v) is 7.91. The monoisotopic (exact) mass is 364 g/mol. The van der Waals surface area contributed by atoms with Crippen LogP contribution < -0.4 is 4.90 Å². The molecule has 132 valence electrons. The van der Waals surface area contributed by atoms with Crippen LogP contribution in [0.3, 0.4) is 0 Å². The number of carbonyl (C=O) groups is 3. The number of esters is 2. The number of halogens is 1. The molecule has 0 unspecified atom stereocenters. The van der Waals surface area contributed by atoms with E-state index in [2.05, 4.69) is 4.98 Å². The fraction of sp³-hybridized carbons (Fsp3) is 0.235. The van der Waals surface area contributed by atoms with Crippen molar-refractivity contribution in [3.05, 3.63) is 53.3 Å². The van der Waals surface area contributed by atoms with Crippen LogP contribution in [0.15, 0.2) is 42.6 Å². The lowest BCUT2D eigenvalue weighted by atomic mass is 10.3. The Morgan fingerprint density at radius 3 is 2.48 bits per heavy atom. The van der Waals surface area contributed by atoms with Gasteiger partial charge in [-0.3, -0.25) is 14.5 Å². The molecular formula is C17H17ClN2O5. The van der Waals surface area contributed by atoms with Crippen molar-refractivity contribution in [1.29, 1.82) is 0 Å². The molecule has 0 aliphatic rings. The molecule has 0 spiro atoms. The summed E-state index contributed by atoms with van der Waals surface area (Å²) in [6.07, 6.45) is 1.43. The first-order valence-electron chi connectivity index (χ1n) is 7.53. The quantitative estimate of drug-likeness (QED) is 0.762. The highest BCUT2D eigenvalue weighted by Crippen LogP contribution is 2.14. The Labute approximate surface area is 149 Å². The number of amides is 1. The van der Waals surface area contributed by atoms with Crippen LogP contribution in [-0.2, 0) is 19.1 Å². The maximum atomic E-state index is 12.4. The van der Waals surface area contributed by atoms with Gasteiger partial charge in [0.05, 0.1) is 11.6 Å². The zero-order chi connectivity index (χ0) is 18.2. The Bertz CT molecular complexity index is 745. The molecule has 0 aliphatic carbocycles. The van der Waals surface area contributed by atoms with Crippen molar-refractivity contribution in [3.8, 4) is 0 Å². The summed E-state index contributed by atoms with van der Waals surface area (Å²) < 4.78 is 9.86. The molecule has 2 aromatic rings. The average molecular weight is 365 g/mol. The van der Waals surface area contributed by atoms with Crippen LogP contribution in [0.25, 0.3) is 0 Å². The third-order valence-corrected chi connectivity index (χ3v) is 3.37. The molecule has 1 aromatic heterocycles. The largest absolute Gasteiger partial charge is 0.465 e. The van der Waals surface area contributed by atoms with Gasteiger partial charge in [0.25, 0.3) is 5.91 Å². The van der Waals surface area contributed by atoms with Gasteiger partial charge in [-0.1, -0.05) is 29.8 Å². The number of hydrogen-bond donors (Lipinski definition) is 1. The Hall–Kier alpha value is -2.80. The number of aromatic amines is 1. The molecule has 0 saturated heterocycles. The van der Waals surface area contributed by atoms with E-state index < -0.39 is 24.5 Å². The normalized spacial score (nSPS) is 10.2. The van der Waals surface area contributed by atoms with Crippen molar-refractivity contribution in [3.63, 3.8) is 0 Å². The number of rotatable bonds is 7. The van der Waals surface area contributed by atoms with Crippen molar-refractivity contribution in [2.45, 2.75) is 6.92 Å². The van der Waals surface area contributed by atoms with Gasteiger partial charge >= 0.3 is 11.9 Å². The number of hydrogen-bond acceptors (Lipinski definition) is 5. The number of nitrogens with zero attached hydrogens (tertiary/aromatic N) is 1. The summed E-state index contributed by atoms with van der Waals surface area (Å²) in [5.74, 6) is -1.82. The van der Waals surface area contributed by atoms with Crippen LogP contribution in [0.4, 0.5) is 5.69 Å². The number of benzene rings is 1. The minimum Gasteiger partial charge on any atom is -0.465 e. The third kappa shape index (κ3) is 5.36. The van der Waals surface area contributed by atoms with Crippen molar-refractivity contribution in [1.82, 2.24) is 4.98 Å². The van der Waals surface area contributed by atoms with E-state index in [0.717, 1.165) is 0 Å². The zero-order valence-corrected chi connectivity index (χ0v) is 14.3. The fourth-order valence-electron chi connectivity index (χ4n) is 2.04. The van der Waals surface area contributed by atoms with Gasteiger partial charge in [-0.15, -0.1) is 0 Å². The minimum absolute atomic E-state index is 0.134. The van der Waals surface area contributed by atoms with Crippen LogP contribution in [0.5, 0.6) is 0 Å². The lowest BCUT2D eigenvalue weighted by Crippen LogP contribution is -2.39. The summed E-state index contributed by atoms with van der Waals surface area (Å²) in [6, 6.07) is 9.97. The van der Waals surface area contributed by atoms with Gasteiger partial charge in [0.1, 0.15) is 12.2 Å². The molecule has 25 heavy (non-hydrogen) atoms. The first kappa shape index (κ1) is 18.5. The maximum Gasteiger partial charge on any atom is 0.355 e. The van der Waals surface area contributed by atoms with Crippen LogP contribution in [-0.4, -0.2) is 42.6 Å². The Balaban J connectivity index is 2.04. The third-order valence-electron chi connectivity index (χ3n) is 3.16. The van der Waals surface area contributed by atoms with Gasteiger partial charge in [0, 0.05) is 11.9 Å². The van der Waals surface area contributed by atoms with E-state index >= 15 is 0 Å². The van der Waals surface area contributed by atoms with Gasteiger partial charge < -0.3 is 14.5 Å². The Kier molecular flexibility index (Phi) is 6.59. The maximum absolute atomic E-state index is 12.4. The second-order valence-electron chi connectivity index (χ2n) is 4.93. The highest BCUT2D eigenvalue weighted by Gasteiger charge is 2.21. The number of aromatic nitrogens is 1. The van der Waals surface area contributed by atoms with Gasteiger partial charge in [-0.2, -0.15) is 0 Å².